The molecule has 0 aromatic rings. The zero-order valence-corrected chi connectivity index (χ0v) is 11.9. The van der Waals surface area contributed by atoms with Crippen LogP contribution in [0.15, 0.2) is 0 Å². The highest BCUT2D eigenvalue weighted by Gasteiger charge is 2.22. The van der Waals surface area contributed by atoms with E-state index in [1.807, 2.05) is 4.90 Å². The third-order valence-corrected chi connectivity index (χ3v) is 3.61. The molecule has 0 radical (unpaired) electrons. The molecule has 18 heavy (non-hydrogen) atoms. The number of piperidine rings is 1. The predicted octanol–water partition coefficient (Wildman–Crippen LogP) is 1.34. The van der Waals surface area contributed by atoms with Gasteiger partial charge in [0.05, 0.1) is 13.2 Å². The summed E-state index contributed by atoms with van der Waals surface area (Å²) < 4.78 is 0. The van der Waals surface area contributed by atoms with Gasteiger partial charge in [0.25, 0.3) is 0 Å². The molecule has 1 heterocycles. The number of aliphatic hydroxyl groups is 1. The minimum atomic E-state index is 0.132. The van der Waals surface area contributed by atoms with Crippen LogP contribution in [-0.4, -0.2) is 60.1 Å². The number of carbonyl (C=O) groups excluding carboxylic acids is 1. The molecule has 1 amide bonds. The molecule has 4 heteroatoms. The topological polar surface area (TPSA) is 43.8 Å². The summed E-state index contributed by atoms with van der Waals surface area (Å²) in [6.07, 6.45) is 4.57. The van der Waals surface area contributed by atoms with Gasteiger partial charge in [-0.25, -0.2) is 0 Å². The molecule has 1 aliphatic rings. The summed E-state index contributed by atoms with van der Waals surface area (Å²) in [6, 6.07) is 0. The highest BCUT2D eigenvalue weighted by Crippen LogP contribution is 2.15. The monoisotopic (exact) mass is 256 g/mol. The van der Waals surface area contributed by atoms with Crippen molar-refractivity contribution in [3.63, 3.8) is 0 Å². The van der Waals surface area contributed by atoms with E-state index >= 15 is 0 Å². The zero-order valence-electron chi connectivity index (χ0n) is 11.9. The first-order chi connectivity index (χ1) is 8.67. The molecule has 1 aliphatic heterocycles. The second-order valence-electron chi connectivity index (χ2n) is 5.44. The van der Waals surface area contributed by atoms with Crippen LogP contribution in [0.4, 0.5) is 0 Å². The third kappa shape index (κ3) is 5.36. The van der Waals surface area contributed by atoms with Crippen molar-refractivity contribution in [1.82, 2.24) is 9.80 Å². The highest BCUT2D eigenvalue weighted by atomic mass is 16.3. The number of unbranched alkanes of at least 4 members (excludes halogenated alkanes) is 1. The van der Waals surface area contributed by atoms with Gasteiger partial charge in [-0.15, -0.1) is 0 Å². The van der Waals surface area contributed by atoms with Crippen molar-refractivity contribution in [2.24, 2.45) is 5.92 Å². The largest absolute Gasteiger partial charge is 0.395 e. The molecule has 1 atom stereocenters. The molecule has 0 spiro atoms. The van der Waals surface area contributed by atoms with E-state index in [1.54, 1.807) is 0 Å². The molecule has 1 N–H and O–H groups in total. The van der Waals surface area contributed by atoms with Crippen molar-refractivity contribution < 1.29 is 9.90 Å². The molecule has 1 saturated heterocycles. The number of carbonyl (C=O) groups is 1. The lowest BCUT2D eigenvalue weighted by molar-refractivity contribution is -0.134. The summed E-state index contributed by atoms with van der Waals surface area (Å²) in [5.41, 5.74) is 0. The zero-order chi connectivity index (χ0) is 13.4. The predicted molar refractivity (Wildman–Crippen MR) is 73.4 cm³/mol. The summed E-state index contributed by atoms with van der Waals surface area (Å²) in [5, 5.41) is 9.03. The summed E-state index contributed by atoms with van der Waals surface area (Å²) in [5.74, 6) is 0.857. The second kappa shape index (κ2) is 8.48. The van der Waals surface area contributed by atoms with Crippen LogP contribution >= 0.6 is 0 Å². The van der Waals surface area contributed by atoms with E-state index < -0.39 is 0 Å². The lowest BCUT2D eigenvalue weighted by Gasteiger charge is -2.32. The van der Waals surface area contributed by atoms with Gasteiger partial charge < -0.3 is 10.0 Å². The third-order valence-electron chi connectivity index (χ3n) is 3.61. The average molecular weight is 256 g/mol. The van der Waals surface area contributed by atoms with Gasteiger partial charge in [-0.05, 0) is 31.7 Å². The molecule has 0 aromatic heterocycles. The van der Waals surface area contributed by atoms with Crippen LogP contribution in [0.5, 0.6) is 0 Å². The van der Waals surface area contributed by atoms with Gasteiger partial charge in [-0.1, -0.05) is 20.3 Å². The van der Waals surface area contributed by atoms with Crippen molar-refractivity contribution in [2.45, 2.75) is 39.5 Å². The van der Waals surface area contributed by atoms with E-state index in [4.69, 9.17) is 5.11 Å². The molecule has 0 aliphatic carbocycles. The summed E-state index contributed by atoms with van der Waals surface area (Å²) in [6.45, 7) is 8.28. The molecule has 4 nitrogen and oxygen atoms in total. The molecule has 1 unspecified atom stereocenters. The Morgan fingerprint density at radius 1 is 1.44 bits per heavy atom. The SMILES string of the molecule is CCCCN(CCO)CC(=O)N1CCCC(C)C1. The van der Waals surface area contributed by atoms with E-state index in [-0.39, 0.29) is 12.5 Å². The quantitative estimate of drug-likeness (QED) is 0.747. The normalized spacial score (nSPS) is 20.4. The first kappa shape index (κ1) is 15.4. The fourth-order valence-corrected chi connectivity index (χ4v) is 2.50. The molecule has 0 saturated carbocycles. The number of nitrogens with zero attached hydrogens (tertiary/aromatic N) is 2. The first-order valence-electron chi connectivity index (χ1n) is 7.28. The lowest BCUT2D eigenvalue weighted by atomic mass is 10.0. The Balaban J connectivity index is 2.38. The van der Waals surface area contributed by atoms with Crippen molar-refractivity contribution in [1.29, 1.82) is 0 Å². The molecule has 1 fully saturated rings. The van der Waals surface area contributed by atoms with Crippen LogP contribution in [0.25, 0.3) is 0 Å². The lowest BCUT2D eigenvalue weighted by Crippen LogP contribution is -2.45. The smallest absolute Gasteiger partial charge is 0.236 e. The minimum Gasteiger partial charge on any atom is -0.395 e. The maximum absolute atomic E-state index is 12.2. The molecular formula is C14H28N2O2. The van der Waals surface area contributed by atoms with Crippen LogP contribution in [0.1, 0.15) is 39.5 Å². The number of rotatable bonds is 7. The van der Waals surface area contributed by atoms with Crippen LogP contribution in [0.2, 0.25) is 0 Å². The minimum absolute atomic E-state index is 0.132. The van der Waals surface area contributed by atoms with Crippen molar-refractivity contribution in [3.8, 4) is 0 Å². The Morgan fingerprint density at radius 3 is 2.83 bits per heavy atom. The fourth-order valence-electron chi connectivity index (χ4n) is 2.50. The van der Waals surface area contributed by atoms with Gasteiger partial charge in [-0.3, -0.25) is 9.69 Å². The number of hydrogen-bond acceptors (Lipinski definition) is 3. The van der Waals surface area contributed by atoms with Gasteiger partial charge >= 0.3 is 0 Å². The number of likely N-dealkylation sites (tertiary alicyclic amines) is 1. The van der Waals surface area contributed by atoms with Gasteiger partial charge in [-0.2, -0.15) is 0 Å². The highest BCUT2D eigenvalue weighted by molar-refractivity contribution is 5.78. The standard InChI is InChI=1S/C14H28N2O2/c1-3-4-7-15(9-10-17)12-14(18)16-8-5-6-13(2)11-16/h13,17H,3-12H2,1-2H3. The Morgan fingerprint density at radius 2 is 2.22 bits per heavy atom. The van der Waals surface area contributed by atoms with Crippen LogP contribution < -0.4 is 0 Å². The molecule has 106 valence electrons. The van der Waals surface area contributed by atoms with E-state index in [0.717, 1.165) is 38.9 Å². The van der Waals surface area contributed by atoms with Gasteiger partial charge in [0, 0.05) is 19.6 Å². The summed E-state index contributed by atoms with van der Waals surface area (Å²) in [7, 11) is 0. The van der Waals surface area contributed by atoms with E-state index in [9.17, 15) is 4.79 Å². The number of hydrogen-bond donors (Lipinski definition) is 1. The molecule has 1 rings (SSSR count). The van der Waals surface area contributed by atoms with E-state index in [2.05, 4.69) is 18.7 Å². The Labute approximate surface area is 111 Å². The molecular weight excluding hydrogens is 228 g/mol. The Bertz CT molecular complexity index is 246. The Hall–Kier alpha value is -0.610. The van der Waals surface area contributed by atoms with Gasteiger partial charge in [0.15, 0.2) is 0 Å². The maximum Gasteiger partial charge on any atom is 0.236 e. The summed E-state index contributed by atoms with van der Waals surface area (Å²) >= 11 is 0. The van der Waals surface area contributed by atoms with Crippen LogP contribution in [0.3, 0.4) is 0 Å². The fraction of sp³-hybridized carbons (Fsp3) is 0.929. The van der Waals surface area contributed by atoms with Crippen molar-refractivity contribution >= 4 is 5.91 Å². The molecule has 0 bridgehead atoms. The van der Waals surface area contributed by atoms with Crippen molar-refractivity contribution in [3.05, 3.63) is 0 Å². The van der Waals surface area contributed by atoms with E-state index in [0.29, 0.717) is 19.0 Å². The van der Waals surface area contributed by atoms with Gasteiger partial charge in [0.2, 0.25) is 5.91 Å². The number of aliphatic hydroxyl groups excluding tert-OH is 1. The van der Waals surface area contributed by atoms with Gasteiger partial charge in [0.1, 0.15) is 0 Å². The summed E-state index contributed by atoms with van der Waals surface area (Å²) in [4.78, 5) is 16.3. The second-order valence-corrected chi connectivity index (χ2v) is 5.44. The van der Waals surface area contributed by atoms with E-state index in [1.165, 1.54) is 6.42 Å². The van der Waals surface area contributed by atoms with Crippen molar-refractivity contribution in [2.75, 3.05) is 39.3 Å². The molecule has 0 aromatic carbocycles. The van der Waals surface area contributed by atoms with Crippen LogP contribution in [0, 0.1) is 5.92 Å². The maximum atomic E-state index is 12.2. The average Bonchev–Trinajstić information content (AvgIpc) is 2.36. The van der Waals surface area contributed by atoms with Crippen LogP contribution in [-0.2, 0) is 4.79 Å². The number of amides is 1. The Kier molecular flexibility index (Phi) is 7.28. The first-order valence-corrected chi connectivity index (χ1v) is 7.28.